The number of rotatable bonds is 1. The molecule has 0 spiro atoms. The number of benzene rings is 3. The lowest BCUT2D eigenvalue weighted by atomic mass is 9.73. The van der Waals surface area contributed by atoms with Gasteiger partial charge in [-0.3, -0.25) is 4.79 Å². The van der Waals surface area contributed by atoms with Gasteiger partial charge < -0.3 is 0 Å². The molecule has 0 aliphatic heterocycles. The first kappa shape index (κ1) is 15.7. The van der Waals surface area contributed by atoms with Crippen molar-refractivity contribution >= 4 is 40.6 Å². The monoisotopic (exact) mass is 372 g/mol. The lowest BCUT2D eigenvalue weighted by molar-refractivity contribution is 0.103. The minimum Gasteiger partial charge on any atom is -0.289 e. The van der Waals surface area contributed by atoms with Crippen molar-refractivity contribution in [1.82, 2.24) is 0 Å². The summed E-state index contributed by atoms with van der Waals surface area (Å²) in [4.78, 5) is 11.8. The first-order valence-corrected chi connectivity index (χ1v) is 8.55. The minimum absolute atomic E-state index is 0.0254. The van der Waals surface area contributed by atoms with Gasteiger partial charge in [0.2, 0.25) is 0 Å². The van der Waals surface area contributed by atoms with Crippen molar-refractivity contribution in [3.63, 3.8) is 0 Å². The van der Waals surface area contributed by atoms with Crippen molar-refractivity contribution in [3.05, 3.63) is 105 Å². The maximum Gasteiger partial charge on any atom is 0.193 e. The zero-order chi connectivity index (χ0) is 16.9. The molecular weight excluding hydrogens is 363 g/mol. The first-order chi connectivity index (χ1) is 11.5. The molecule has 4 heteroatoms. The molecule has 0 bridgehead atoms. The number of hydrogen-bond donors (Lipinski definition) is 0. The largest absolute Gasteiger partial charge is 0.289 e. The smallest absolute Gasteiger partial charge is 0.193 e. The summed E-state index contributed by atoms with van der Waals surface area (Å²) in [7, 11) is 0. The van der Waals surface area contributed by atoms with Gasteiger partial charge in [-0.25, -0.2) is 0 Å². The average Bonchev–Trinajstić information content (AvgIpc) is 2.60. The van der Waals surface area contributed by atoms with E-state index in [4.69, 9.17) is 34.8 Å². The number of ketones is 1. The van der Waals surface area contributed by atoms with Gasteiger partial charge in [0.1, 0.15) is 4.87 Å². The van der Waals surface area contributed by atoms with E-state index in [1.54, 1.807) is 24.3 Å². The number of hydrogen-bond acceptors (Lipinski definition) is 1. The Kier molecular flexibility index (Phi) is 3.69. The molecule has 3 aromatic rings. The summed E-state index contributed by atoms with van der Waals surface area (Å²) in [5.74, 6) is -0.0254. The molecule has 0 amide bonds. The van der Waals surface area contributed by atoms with Gasteiger partial charge in [-0.15, -0.1) is 11.6 Å². The van der Waals surface area contributed by atoms with Crippen molar-refractivity contribution in [2.75, 3.05) is 0 Å². The molecule has 0 saturated carbocycles. The fraction of sp³-hybridized carbons (Fsp3) is 0.0500. The van der Waals surface area contributed by atoms with E-state index in [2.05, 4.69) is 0 Å². The van der Waals surface area contributed by atoms with Crippen molar-refractivity contribution in [2.24, 2.45) is 0 Å². The first-order valence-electron chi connectivity index (χ1n) is 7.41. The van der Waals surface area contributed by atoms with Gasteiger partial charge in [0.25, 0.3) is 0 Å². The van der Waals surface area contributed by atoms with E-state index in [0.29, 0.717) is 26.7 Å². The van der Waals surface area contributed by atoms with Gasteiger partial charge in [0.05, 0.1) is 0 Å². The number of alkyl halides is 1. The van der Waals surface area contributed by atoms with E-state index in [1.807, 2.05) is 42.5 Å². The summed E-state index contributed by atoms with van der Waals surface area (Å²) in [5.41, 5.74) is 3.37. The Morgan fingerprint density at radius 1 is 0.708 bits per heavy atom. The summed E-state index contributed by atoms with van der Waals surface area (Å²) in [6, 6.07) is 20.0. The van der Waals surface area contributed by atoms with E-state index in [1.165, 1.54) is 0 Å². The van der Waals surface area contributed by atoms with Crippen molar-refractivity contribution in [1.29, 1.82) is 0 Å². The molecule has 118 valence electrons. The highest BCUT2D eigenvalue weighted by Crippen LogP contribution is 2.51. The van der Waals surface area contributed by atoms with Crippen LogP contribution in [0.2, 0.25) is 10.0 Å². The minimum atomic E-state index is -1.04. The van der Waals surface area contributed by atoms with E-state index in [9.17, 15) is 4.79 Å². The summed E-state index contributed by atoms with van der Waals surface area (Å²) in [5, 5.41) is 1.01. The van der Waals surface area contributed by atoms with Crippen LogP contribution in [0.15, 0.2) is 66.7 Å². The summed E-state index contributed by atoms with van der Waals surface area (Å²) >= 11 is 19.7. The molecule has 0 saturated heterocycles. The standard InChI is InChI=1S/C20H11Cl3O/c21-12-9-10-17(18(22)11-12)20(23)15-7-3-1-5-13(15)19(24)14-6-2-4-8-16(14)20/h1-11H. The molecule has 1 nitrogen and oxygen atoms in total. The van der Waals surface area contributed by atoms with Crippen LogP contribution in [0.4, 0.5) is 0 Å². The van der Waals surface area contributed by atoms with E-state index in [0.717, 1.165) is 11.1 Å². The van der Waals surface area contributed by atoms with Crippen LogP contribution >= 0.6 is 34.8 Å². The van der Waals surface area contributed by atoms with Gasteiger partial charge in [-0.2, -0.15) is 0 Å². The van der Waals surface area contributed by atoms with Gasteiger partial charge in [-0.1, -0.05) is 77.8 Å². The normalized spacial score (nSPS) is 14.9. The Morgan fingerprint density at radius 2 is 1.25 bits per heavy atom. The zero-order valence-corrected chi connectivity index (χ0v) is 14.7. The fourth-order valence-electron chi connectivity index (χ4n) is 3.31. The van der Waals surface area contributed by atoms with Gasteiger partial charge in [0.15, 0.2) is 5.78 Å². The van der Waals surface area contributed by atoms with Crippen molar-refractivity contribution in [3.8, 4) is 0 Å². The molecule has 0 unspecified atom stereocenters. The van der Waals surface area contributed by atoms with Crippen molar-refractivity contribution < 1.29 is 4.79 Å². The van der Waals surface area contributed by atoms with Gasteiger partial charge >= 0.3 is 0 Å². The van der Waals surface area contributed by atoms with Crippen molar-refractivity contribution in [2.45, 2.75) is 4.87 Å². The van der Waals surface area contributed by atoms with Crippen LogP contribution in [0.5, 0.6) is 0 Å². The lowest BCUT2D eigenvalue weighted by Crippen LogP contribution is -2.32. The molecular formula is C20H11Cl3O. The Morgan fingerprint density at radius 3 is 1.79 bits per heavy atom. The molecule has 24 heavy (non-hydrogen) atoms. The molecule has 3 aromatic carbocycles. The molecule has 0 fully saturated rings. The Labute approximate surface area is 154 Å². The number of carbonyl (C=O) groups excluding carboxylic acids is 1. The van der Waals surface area contributed by atoms with Crippen LogP contribution in [0.25, 0.3) is 0 Å². The number of carbonyl (C=O) groups is 1. The van der Waals surface area contributed by atoms with Crippen LogP contribution in [-0.2, 0) is 4.87 Å². The quantitative estimate of drug-likeness (QED) is 0.473. The summed E-state index contributed by atoms with van der Waals surface area (Å²) in [6.07, 6.45) is 0. The third-order valence-electron chi connectivity index (χ3n) is 4.39. The highest BCUT2D eigenvalue weighted by Gasteiger charge is 2.44. The lowest BCUT2D eigenvalue weighted by Gasteiger charge is -2.36. The molecule has 1 aliphatic carbocycles. The second-order valence-corrected chi connectivity index (χ2v) is 7.11. The molecule has 1 aliphatic rings. The van der Waals surface area contributed by atoms with Crippen LogP contribution in [0.1, 0.15) is 32.6 Å². The average molecular weight is 374 g/mol. The SMILES string of the molecule is O=C1c2ccccc2C(Cl)(c2ccc(Cl)cc2Cl)c2ccccc21. The second-order valence-electron chi connectivity index (χ2n) is 5.70. The van der Waals surface area contributed by atoms with Gasteiger partial charge in [-0.05, 0) is 23.3 Å². The number of halogens is 3. The van der Waals surface area contributed by atoms with Crippen LogP contribution in [0, 0.1) is 0 Å². The number of fused-ring (bicyclic) bond motifs is 2. The van der Waals surface area contributed by atoms with Gasteiger partial charge in [0, 0.05) is 26.7 Å². The maximum absolute atomic E-state index is 12.9. The Bertz CT molecular complexity index is 929. The molecule has 0 aromatic heterocycles. The van der Waals surface area contributed by atoms with Crippen LogP contribution in [-0.4, -0.2) is 5.78 Å². The van der Waals surface area contributed by atoms with E-state index < -0.39 is 4.87 Å². The van der Waals surface area contributed by atoms with Crippen LogP contribution in [0.3, 0.4) is 0 Å². The highest BCUT2D eigenvalue weighted by molar-refractivity contribution is 6.38. The molecule has 4 rings (SSSR count). The van der Waals surface area contributed by atoms with E-state index in [-0.39, 0.29) is 5.78 Å². The van der Waals surface area contributed by atoms with E-state index >= 15 is 0 Å². The Hall–Kier alpha value is -1.80. The zero-order valence-electron chi connectivity index (χ0n) is 12.4. The predicted molar refractivity (Wildman–Crippen MR) is 98.5 cm³/mol. The Balaban J connectivity index is 2.12. The highest BCUT2D eigenvalue weighted by atomic mass is 35.5. The molecule has 0 atom stereocenters. The third-order valence-corrected chi connectivity index (χ3v) is 5.55. The predicted octanol–water partition coefficient (Wildman–Crippen LogP) is 6.07. The molecule has 0 radical (unpaired) electrons. The second kappa shape index (κ2) is 5.63. The third kappa shape index (κ3) is 2.12. The summed E-state index contributed by atoms with van der Waals surface area (Å²) in [6.45, 7) is 0. The summed E-state index contributed by atoms with van der Waals surface area (Å²) < 4.78 is 0. The molecule has 0 N–H and O–H groups in total. The topological polar surface area (TPSA) is 17.1 Å². The maximum atomic E-state index is 12.9. The molecule has 0 heterocycles. The fourth-order valence-corrected chi connectivity index (χ4v) is 4.41. The van der Waals surface area contributed by atoms with Crippen LogP contribution < -0.4 is 0 Å².